The van der Waals surface area contributed by atoms with Crippen LogP contribution in [0, 0.1) is 0 Å². The first-order valence-electron chi connectivity index (χ1n) is 2.02. The molecule has 0 bridgehead atoms. The molecule has 0 spiro atoms. The van der Waals surface area contributed by atoms with Gasteiger partial charge in [-0.2, -0.15) is 0 Å². The molecule has 1 rings (SSSR count). The maximum atomic E-state index is 10.2. The van der Waals surface area contributed by atoms with E-state index in [9.17, 15) is 4.79 Å². The summed E-state index contributed by atoms with van der Waals surface area (Å²) in [6, 6.07) is 0. The fourth-order valence-electron chi connectivity index (χ4n) is 0.449. The van der Waals surface area contributed by atoms with Gasteiger partial charge in [-0.25, -0.2) is 0 Å². The van der Waals surface area contributed by atoms with Crippen molar-refractivity contribution in [3.63, 3.8) is 0 Å². The van der Waals surface area contributed by atoms with Crippen LogP contribution in [0.3, 0.4) is 0 Å². The molecule has 3 heteroatoms. The van der Waals surface area contributed by atoms with Crippen LogP contribution in [0.15, 0.2) is 0 Å². The summed E-state index contributed by atoms with van der Waals surface area (Å²) in [4.78, 5) is 10.2. The first kappa shape index (κ1) is 5.39. The standard InChI is InChI=1S/C4H4Cl2O/c5-2-1-3(7)4(2)6/h2,4H,1H2. The van der Waals surface area contributed by atoms with Gasteiger partial charge in [0, 0.05) is 6.42 Å². The van der Waals surface area contributed by atoms with Crippen molar-refractivity contribution in [2.24, 2.45) is 0 Å². The van der Waals surface area contributed by atoms with Crippen LogP contribution in [0.5, 0.6) is 0 Å². The highest BCUT2D eigenvalue weighted by Gasteiger charge is 2.36. The van der Waals surface area contributed by atoms with Crippen molar-refractivity contribution in [2.75, 3.05) is 0 Å². The van der Waals surface area contributed by atoms with Crippen LogP contribution in [0.25, 0.3) is 0 Å². The third-order valence-electron chi connectivity index (χ3n) is 1.02. The Kier molecular flexibility index (Phi) is 1.26. The van der Waals surface area contributed by atoms with Gasteiger partial charge in [0.05, 0.1) is 5.38 Å². The lowest BCUT2D eigenvalue weighted by Gasteiger charge is -2.23. The Labute approximate surface area is 51.6 Å². The van der Waals surface area contributed by atoms with Gasteiger partial charge >= 0.3 is 0 Å². The van der Waals surface area contributed by atoms with E-state index < -0.39 is 5.38 Å². The number of ketones is 1. The van der Waals surface area contributed by atoms with E-state index in [1.165, 1.54) is 0 Å². The maximum absolute atomic E-state index is 10.2. The van der Waals surface area contributed by atoms with Gasteiger partial charge in [0.25, 0.3) is 0 Å². The van der Waals surface area contributed by atoms with Crippen LogP contribution in [0.2, 0.25) is 0 Å². The van der Waals surface area contributed by atoms with Crippen molar-refractivity contribution in [3.8, 4) is 0 Å². The number of halogens is 2. The smallest absolute Gasteiger partial charge is 0.153 e. The number of carbonyl (C=O) groups is 1. The van der Waals surface area contributed by atoms with Crippen molar-refractivity contribution >= 4 is 29.0 Å². The van der Waals surface area contributed by atoms with E-state index in [0.29, 0.717) is 6.42 Å². The molecule has 0 aromatic heterocycles. The number of hydrogen-bond donors (Lipinski definition) is 0. The number of alkyl halides is 2. The molecule has 0 radical (unpaired) electrons. The van der Waals surface area contributed by atoms with E-state index in [0.717, 1.165) is 0 Å². The minimum absolute atomic E-state index is 0.0710. The van der Waals surface area contributed by atoms with Gasteiger partial charge < -0.3 is 0 Å². The highest BCUT2D eigenvalue weighted by Crippen LogP contribution is 2.26. The maximum Gasteiger partial charge on any atom is 0.153 e. The molecule has 7 heavy (non-hydrogen) atoms. The number of hydrogen-bond acceptors (Lipinski definition) is 1. The highest BCUT2D eigenvalue weighted by atomic mass is 35.5. The lowest BCUT2D eigenvalue weighted by molar-refractivity contribution is -0.122. The largest absolute Gasteiger partial charge is 0.298 e. The van der Waals surface area contributed by atoms with E-state index in [4.69, 9.17) is 23.2 Å². The summed E-state index contributed by atoms with van der Waals surface area (Å²) in [7, 11) is 0. The zero-order valence-electron chi connectivity index (χ0n) is 3.53. The summed E-state index contributed by atoms with van der Waals surface area (Å²) in [6.07, 6.45) is 0.454. The lowest BCUT2D eigenvalue weighted by Crippen LogP contribution is -2.38. The van der Waals surface area contributed by atoms with Crippen molar-refractivity contribution in [1.29, 1.82) is 0 Å². The van der Waals surface area contributed by atoms with Gasteiger partial charge in [-0.05, 0) is 0 Å². The van der Waals surface area contributed by atoms with E-state index in [1.54, 1.807) is 0 Å². The Morgan fingerprint density at radius 2 is 2.14 bits per heavy atom. The van der Waals surface area contributed by atoms with Crippen LogP contribution >= 0.6 is 23.2 Å². The Morgan fingerprint density at radius 3 is 2.14 bits per heavy atom. The van der Waals surface area contributed by atoms with Gasteiger partial charge in [-0.3, -0.25) is 4.79 Å². The molecule has 0 heterocycles. The summed E-state index contributed by atoms with van der Waals surface area (Å²) >= 11 is 10.8. The average molecular weight is 139 g/mol. The zero-order chi connectivity index (χ0) is 5.44. The van der Waals surface area contributed by atoms with Crippen LogP contribution in [0.4, 0.5) is 0 Å². The third-order valence-corrected chi connectivity index (χ3v) is 2.10. The first-order chi connectivity index (χ1) is 3.22. The van der Waals surface area contributed by atoms with Gasteiger partial charge in [0.15, 0.2) is 5.78 Å². The van der Waals surface area contributed by atoms with Crippen molar-refractivity contribution < 1.29 is 4.79 Å². The minimum Gasteiger partial charge on any atom is -0.298 e. The van der Waals surface area contributed by atoms with Crippen molar-refractivity contribution in [1.82, 2.24) is 0 Å². The summed E-state index contributed by atoms with van der Waals surface area (Å²) in [5, 5.41) is -0.504. The highest BCUT2D eigenvalue weighted by molar-refractivity contribution is 6.42. The van der Waals surface area contributed by atoms with Crippen molar-refractivity contribution in [2.45, 2.75) is 17.2 Å². The predicted molar refractivity (Wildman–Crippen MR) is 28.9 cm³/mol. The molecule has 0 aliphatic heterocycles. The Bertz CT molecular complexity index is 102. The van der Waals surface area contributed by atoms with Gasteiger partial charge in [0.1, 0.15) is 5.38 Å². The summed E-state index contributed by atoms with van der Waals surface area (Å²) in [6.45, 7) is 0. The molecule has 0 saturated heterocycles. The Hall–Kier alpha value is 0.250. The quantitative estimate of drug-likeness (QED) is 0.460. The summed E-state index contributed by atoms with van der Waals surface area (Å²) < 4.78 is 0. The van der Waals surface area contributed by atoms with Gasteiger partial charge in [-0.1, -0.05) is 0 Å². The fraction of sp³-hybridized carbons (Fsp3) is 0.750. The molecule has 0 aromatic carbocycles. The summed E-state index contributed by atoms with van der Waals surface area (Å²) in [5.74, 6) is 0.0710. The molecule has 2 unspecified atom stereocenters. The zero-order valence-corrected chi connectivity index (χ0v) is 5.04. The van der Waals surface area contributed by atoms with Crippen LogP contribution in [-0.4, -0.2) is 16.5 Å². The molecule has 0 N–H and O–H groups in total. The normalized spacial score (nSPS) is 40.6. The van der Waals surface area contributed by atoms with Crippen LogP contribution in [-0.2, 0) is 4.79 Å². The topological polar surface area (TPSA) is 17.1 Å². The van der Waals surface area contributed by atoms with E-state index in [-0.39, 0.29) is 11.2 Å². The number of carbonyl (C=O) groups excluding carboxylic acids is 1. The molecule has 1 saturated carbocycles. The first-order valence-corrected chi connectivity index (χ1v) is 2.90. The Morgan fingerprint density at radius 1 is 1.57 bits per heavy atom. The average Bonchev–Trinajstić information content (AvgIpc) is 1.68. The van der Waals surface area contributed by atoms with E-state index in [2.05, 4.69) is 0 Å². The lowest BCUT2D eigenvalue weighted by atomic mass is 9.97. The SMILES string of the molecule is O=C1CC(Cl)C1Cl. The monoisotopic (exact) mass is 138 g/mol. The third kappa shape index (κ3) is 0.752. The second kappa shape index (κ2) is 1.64. The predicted octanol–water partition coefficient (Wildman–Crippen LogP) is 1.17. The molecule has 1 nitrogen and oxygen atoms in total. The van der Waals surface area contributed by atoms with Crippen molar-refractivity contribution in [3.05, 3.63) is 0 Å². The molecule has 0 amide bonds. The van der Waals surface area contributed by atoms with E-state index >= 15 is 0 Å². The number of rotatable bonds is 0. The van der Waals surface area contributed by atoms with Crippen LogP contribution < -0.4 is 0 Å². The molecule has 1 aliphatic carbocycles. The molecule has 1 fully saturated rings. The number of Topliss-reactive ketones (excluding diaryl/α,β-unsaturated/α-hetero) is 1. The summed E-state index contributed by atoms with van der Waals surface area (Å²) in [5.41, 5.74) is 0. The Balaban J connectivity index is 2.43. The van der Waals surface area contributed by atoms with E-state index in [1.807, 2.05) is 0 Å². The molecule has 2 atom stereocenters. The second-order valence-electron chi connectivity index (χ2n) is 1.59. The van der Waals surface area contributed by atoms with Gasteiger partial charge in [-0.15, -0.1) is 23.2 Å². The molecule has 1 aliphatic rings. The minimum atomic E-state index is -0.401. The van der Waals surface area contributed by atoms with Crippen LogP contribution in [0.1, 0.15) is 6.42 Å². The molecule has 0 aromatic rings. The second-order valence-corrected chi connectivity index (χ2v) is 2.62. The van der Waals surface area contributed by atoms with Gasteiger partial charge in [0.2, 0.25) is 0 Å². The molecular formula is C4H4Cl2O. The fourth-order valence-corrected chi connectivity index (χ4v) is 0.920. The molecular weight excluding hydrogens is 135 g/mol. The molecule has 40 valence electrons.